The molecule has 0 aromatic heterocycles. The topological polar surface area (TPSA) is 49.3 Å². The van der Waals surface area contributed by atoms with Gasteiger partial charge in [-0.3, -0.25) is 4.79 Å². The highest BCUT2D eigenvalue weighted by Crippen LogP contribution is 2.25. The van der Waals surface area contributed by atoms with Gasteiger partial charge in [-0.1, -0.05) is 49.2 Å². The molecular formula is C18H21NO2. The van der Waals surface area contributed by atoms with Crippen molar-refractivity contribution in [2.75, 3.05) is 6.54 Å². The van der Waals surface area contributed by atoms with E-state index in [0.29, 0.717) is 0 Å². The fourth-order valence-corrected chi connectivity index (χ4v) is 3.06. The van der Waals surface area contributed by atoms with E-state index in [1.165, 1.54) is 0 Å². The Morgan fingerprint density at radius 3 is 2.62 bits per heavy atom. The maximum atomic E-state index is 12.0. The average molecular weight is 283 g/mol. The van der Waals surface area contributed by atoms with E-state index in [-0.39, 0.29) is 18.4 Å². The molecule has 0 aliphatic heterocycles. The van der Waals surface area contributed by atoms with Crippen LogP contribution < -0.4 is 5.32 Å². The molecule has 0 radical (unpaired) electrons. The lowest BCUT2D eigenvalue weighted by molar-refractivity contribution is -0.125. The number of fused-ring (bicyclic) bond motifs is 1. The number of hydrogen-bond acceptors (Lipinski definition) is 2. The third kappa shape index (κ3) is 3.24. The molecule has 2 aromatic rings. The fraction of sp³-hybridized carbons (Fsp3) is 0.389. The summed E-state index contributed by atoms with van der Waals surface area (Å²) in [5.74, 6) is 0.237. The Balaban J connectivity index is 1.63. The first-order valence-electron chi connectivity index (χ1n) is 7.68. The molecule has 3 rings (SSSR count). The lowest BCUT2D eigenvalue weighted by atomic mass is 10.0. The third-order valence-corrected chi connectivity index (χ3v) is 4.35. The minimum Gasteiger partial charge on any atom is -0.387 e. The summed E-state index contributed by atoms with van der Waals surface area (Å²) in [5.41, 5.74) is 0.848. The molecule has 1 saturated carbocycles. The Morgan fingerprint density at radius 2 is 1.86 bits per heavy atom. The second-order valence-corrected chi connectivity index (χ2v) is 5.85. The minimum atomic E-state index is -0.653. The molecule has 21 heavy (non-hydrogen) atoms. The van der Waals surface area contributed by atoms with Crippen molar-refractivity contribution in [2.45, 2.75) is 31.8 Å². The first-order chi connectivity index (χ1) is 10.2. The van der Waals surface area contributed by atoms with Crippen LogP contribution in [0.1, 0.15) is 37.4 Å². The summed E-state index contributed by atoms with van der Waals surface area (Å²) in [5, 5.41) is 15.4. The summed E-state index contributed by atoms with van der Waals surface area (Å²) in [6.45, 7) is 0.285. The molecule has 1 amide bonds. The SMILES string of the molecule is O=C(NCC(O)c1ccc2ccccc2c1)C1CCCC1. The van der Waals surface area contributed by atoms with Crippen LogP contribution in [0.5, 0.6) is 0 Å². The number of aliphatic hydroxyl groups is 1. The van der Waals surface area contributed by atoms with Crippen molar-refractivity contribution in [3.05, 3.63) is 48.0 Å². The van der Waals surface area contributed by atoms with E-state index in [0.717, 1.165) is 42.0 Å². The van der Waals surface area contributed by atoms with Gasteiger partial charge in [0.05, 0.1) is 6.10 Å². The van der Waals surface area contributed by atoms with Gasteiger partial charge in [-0.25, -0.2) is 0 Å². The van der Waals surface area contributed by atoms with Gasteiger partial charge in [0.1, 0.15) is 0 Å². The summed E-state index contributed by atoms with van der Waals surface area (Å²) in [7, 11) is 0. The second kappa shape index (κ2) is 6.27. The predicted octanol–water partition coefficient (Wildman–Crippen LogP) is 3.18. The quantitative estimate of drug-likeness (QED) is 0.905. The first kappa shape index (κ1) is 14.1. The van der Waals surface area contributed by atoms with Crippen molar-refractivity contribution < 1.29 is 9.90 Å². The zero-order valence-corrected chi connectivity index (χ0v) is 12.1. The molecule has 0 spiro atoms. The summed E-state index contributed by atoms with van der Waals surface area (Å²) < 4.78 is 0. The van der Waals surface area contributed by atoms with Crippen LogP contribution >= 0.6 is 0 Å². The lowest BCUT2D eigenvalue weighted by Gasteiger charge is -2.15. The van der Waals surface area contributed by atoms with Crippen molar-refractivity contribution >= 4 is 16.7 Å². The average Bonchev–Trinajstić information content (AvgIpc) is 3.06. The molecule has 3 heteroatoms. The van der Waals surface area contributed by atoms with E-state index in [2.05, 4.69) is 5.32 Å². The van der Waals surface area contributed by atoms with Gasteiger partial charge in [0, 0.05) is 12.5 Å². The summed E-state index contributed by atoms with van der Waals surface area (Å²) in [6, 6.07) is 14.0. The van der Waals surface area contributed by atoms with E-state index in [4.69, 9.17) is 0 Å². The number of aliphatic hydroxyl groups excluding tert-OH is 1. The molecule has 3 nitrogen and oxygen atoms in total. The highest BCUT2D eigenvalue weighted by Gasteiger charge is 2.22. The van der Waals surface area contributed by atoms with Gasteiger partial charge in [-0.15, -0.1) is 0 Å². The number of nitrogens with one attached hydrogen (secondary N) is 1. The maximum absolute atomic E-state index is 12.0. The van der Waals surface area contributed by atoms with Crippen LogP contribution in [0, 0.1) is 5.92 Å². The van der Waals surface area contributed by atoms with Gasteiger partial charge in [0.25, 0.3) is 0 Å². The van der Waals surface area contributed by atoms with Gasteiger partial charge < -0.3 is 10.4 Å². The van der Waals surface area contributed by atoms with Gasteiger partial charge in [-0.05, 0) is 35.2 Å². The molecule has 0 heterocycles. The zero-order valence-electron chi connectivity index (χ0n) is 12.1. The largest absolute Gasteiger partial charge is 0.387 e. The Hall–Kier alpha value is -1.87. The van der Waals surface area contributed by atoms with Crippen LogP contribution in [-0.2, 0) is 4.79 Å². The number of rotatable bonds is 4. The molecule has 110 valence electrons. The molecule has 1 fully saturated rings. The molecule has 0 bridgehead atoms. The molecule has 1 atom stereocenters. The van der Waals surface area contributed by atoms with Crippen molar-refractivity contribution in [1.29, 1.82) is 0 Å². The van der Waals surface area contributed by atoms with Crippen LogP contribution in [0.15, 0.2) is 42.5 Å². The zero-order chi connectivity index (χ0) is 14.7. The maximum Gasteiger partial charge on any atom is 0.223 e. The molecule has 0 saturated heterocycles. The van der Waals surface area contributed by atoms with Crippen LogP contribution in [0.4, 0.5) is 0 Å². The Kier molecular flexibility index (Phi) is 4.20. The van der Waals surface area contributed by atoms with Crippen LogP contribution in [-0.4, -0.2) is 17.6 Å². The van der Waals surface area contributed by atoms with Crippen molar-refractivity contribution in [1.82, 2.24) is 5.32 Å². The predicted molar refractivity (Wildman–Crippen MR) is 83.9 cm³/mol. The van der Waals surface area contributed by atoms with Gasteiger partial charge in [0.15, 0.2) is 0 Å². The third-order valence-electron chi connectivity index (χ3n) is 4.35. The molecule has 1 aliphatic carbocycles. The highest BCUT2D eigenvalue weighted by atomic mass is 16.3. The molecule has 2 aromatic carbocycles. The van der Waals surface area contributed by atoms with E-state index in [9.17, 15) is 9.90 Å². The monoisotopic (exact) mass is 283 g/mol. The highest BCUT2D eigenvalue weighted by molar-refractivity contribution is 5.83. The normalized spacial score (nSPS) is 17.0. The van der Waals surface area contributed by atoms with Gasteiger partial charge >= 0.3 is 0 Å². The summed E-state index contributed by atoms with van der Waals surface area (Å²) >= 11 is 0. The summed E-state index contributed by atoms with van der Waals surface area (Å²) in [6.07, 6.45) is 3.60. The van der Waals surface area contributed by atoms with Crippen molar-refractivity contribution in [3.63, 3.8) is 0 Å². The fourth-order valence-electron chi connectivity index (χ4n) is 3.06. The van der Waals surface area contributed by atoms with E-state index in [1.54, 1.807) is 0 Å². The smallest absolute Gasteiger partial charge is 0.223 e. The first-order valence-corrected chi connectivity index (χ1v) is 7.68. The summed E-state index contributed by atoms with van der Waals surface area (Å²) in [4.78, 5) is 12.0. The van der Waals surface area contributed by atoms with Crippen LogP contribution in [0.25, 0.3) is 10.8 Å². The van der Waals surface area contributed by atoms with Crippen LogP contribution in [0.2, 0.25) is 0 Å². The van der Waals surface area contributed by atoms with E-state index < -0.39 is 6.10 Å². The van der Waals surface area contributed by atoms with Crippen molar-refractivity contribution in [3.8, 4) is 0 Å². The Bertz CT molecular complexity index is 632. The van der Waals surface area contributed by atoms with Gasteiger partial charge in [-0.2, -0.15) is 0 Å². The Labute approximate surface area is 125 Å². The number of carbonyl (C=O) groups excluding carboxylic acids is 1. The molecule has 1 aliphatic rings. The van der Waals surface area contributed by atoms with Gasteiger partial charge in [0.2, 0.25) is 5.91 Å². The Morgan fingerprint density at radius 1 is 1.14 bits per heavy atom. The molecule has 1 unspecified atom stereocenters. The lowest BCUT2D eigenvalue weighted by Crippen LogP contribution is -2.32. The second-order valence-electron chi connectivity index (χ2n) is 5.85. The number of hydrogen-bond donors (Lipinski definition) is 2. The number of benzene rings is 2. The van der Waals surface area contributed by atoms with E-state index >= 15 is 0 Å². The standard InChI is InChI=1S/C18H21NO2/c20-17(12-19-18(21)14-6-2-3-7-14)16-10-9-13-5-1-4-8-15(13)11-16/h1,4-5,8-11,14,17,20H,2-3,6-7,12H2,(H,19,21). The molecular weight excluding hydrogens is 262 g/mol. The van der Waals surface area contributed by atoms with Crippen molar-refractivity contribution in [2.24, 2.45) is 5.92 Å². The minimum absolute atomic E-state index is 0.0901. The van der Waals surface area contributed by atoms with Crippen LogP contribution in [0.3, 0.4) is 0 Å². The van der Waals surface area contributed by atoms with E-state index in [1.807, 2.05) is 42.5 Å². The number of carbonyl (C=O) groups is 1. The molecule has 2 N–H and O–H groups in total. The number of amides is 1.